The molecule has 236 valence electrons. The van der Waals surface area contributed by atoms with E-state index in [1.165, 1.54) is 49.3 Å². The molecule has 2 amide bonds. The van der Waals surface area contributed by atoms with Crippen molar-refractivity contribution < 1.29 is 27.7 Å². The molecule has 0 radical (unpaired) electrons. The number of amides is 2. The Bertz CT molecular complexity index is 1650. The fourth-order valence-corrected chi connectivity index (χ4v) is 6.38. The van der Waals surface area contributed by atoms with E-state index in [0.717, 1.165) is 14.8 Å². The van der Waals surface area contributed by atoms with Crippen LogP contribution in [0.3, 0.4) is 0 Å². The van der Waals surface area contributed by atoms with Gasteiger partial charge in [-0.1, -0.05) is 52.7 Å². The van der Waals surface area contributed by atoms with E-state index in [-0.39, 0.29) is 34.6 Å². The average molecular weight is 710 g/mol. The van der Waals surface area contributed by atoms with Crippen molar-refractivity contribution in [2.45, 2.75) is 57.6 Å². The Kier molecular flexibility index (Phi) is 11.8. The molecule has 0 aromatic heterocycles. The highest BCUT2D eigenvalue weighted by Crippen LogP contribution is 2.36. The number of hydrogen-bond donors (Lipinski definition) is 1. The molecule has 2 atom stereocenters. The highest BCUT2D eigenvalue weighted by Gasteiger charge is 2.35. The van der Waals surface area contributed by atoms with Crippen LogP contribution in [0.4, 0.5) is 11.4 Å². The van der Waals surface area contributed by atoms with Crippen LogP contribution < -0.4 is 14.4 Å². The van der Waals surface area contributed by atoms with Crippen LogP contribution in [-0.4, -0.2) is 55.8 Å². The number of nitrogens with zero attached hydrogens (tertiary/aromatic N) is 3. The summed E-state index contributed by atoms with van der Waals surface area (Å²) in [4.78, 5) is 39.2. The SMILES string of the molecule is CCC(C)NC(=O)C(C)N(Cc1cccc(Br)c1)C(=O)CN(c1cc(Cl)ccc1OC)S(=O)(=O)c1ccc(C)c([N+](=O)[O-])c1. The first-order valence-electron chi connectivity index (χ1n) is 13.6. The second-order valence-corrected chi connectivity index (χ2v) is 13.4. The maximum atomic E-state index is 14.2. The lowest BCUT2D eigenvalue weighted by atomic mass is 10.1. The lowest BCUT2D eigenvalue weighted by Gasteiger charge is -2.33. The molecule has 0 aliphatic carbocycles. The summed E-state index contributed by atoms with van der Waals surface area (Å²) in [6.07, 6.45) is 0.668. The topological polar surface area (TPSA) is 139 Å². The predicted octanol–water partition coefficient (Wildman–Crippen LogP) is 5.86. The summed E-state index contributed by atoms with van der Waals surface area (Å²) in [6, 6.07) is 13.8. The van der Waals surface area contributed by atoms with Crippen LogP contribution in [0.1, 0.15) is 38.3 Å². The molecule has 3 rings (SSSR count). The molecule has 3 aromatic carbocycles. The molecular weight excluding hydrogens is 676 g/mol. The van der Waals surface area contributed by atoms with Gasteiger partial charge in [-0.25, -0.2) is 8.42 Å². The number of sulfonamides is 1. The molecule has 0 aliphatic rings. The first-order valence-corrected chi connectivity index (χ1v) is 16.3. The molecule has 0 heterocycles. The number of hydrogen-bond acceptors (Lipinski definition) is 7. The number of aryl methyl sites for hydroxylation is 1. The summed E-state index contributed by atoms with van der Waals surface area (Å²) < 4.78 is 35.4. The van der Waals surface area contributed by atoms with Gasteiger partial charge in [0, 0.05) is 33.7 Å². The highest BCUT2D eigenvalue weighted by atomic mass is 79.9. The third-order valence-corrected chi connectivity index (χ3v) is 9.55. The summed E-state index contributed by atoms with van der Waals surface area (Å²) in [5, 5.41) is 14.7. The summed E-state index contributed by atoms with van der Waals surface area (Å²) >= 11 is 9.68. The zero-order valence-corrected chi connectivity index (χ0v) is 28.1. The van der Waals surface area contributed by atoms with Crippen molar-refractivity contribution in [1.29, 1.82) is 0 Å². The van der Waals surface area contributed by atoms with Gasteiger partial charge >= 0.3 is 0 Å². The highest BCUT2D eigenvalue weighted by molar-refractivity contribution is 9.10. The normalized spacial score (nSPS) is 12.6. The first kappa shape index (κ1) is 34.8. The van der Waals surface area contributed by atoms with E-state index in [9.17, 15) is 28.1 Å². The molecule has 0 saturated heterocycles. The van der Waals surface area contributed by atoms with Gasteiger partial charge in [0.1, 0.15) is 18.3 Å². The first-order chi connectivity index (χ1) is 20.7. The second kappa shape index (κ2) is 14.9. The van der Waals surface area contributed by atoms with Gasteiger partial charge in [-0.05, 0) is 69.2 Å². The van der Waals surface area contributed by atoms with Crippen LogP contribution in [-0.2, 0) is 26.2 Å². The largest absolute Gasteiger partial charge is 0.495 e. The molecule has 14 heteroatoms. The van der Waals surface area contributed by atoms with Gasteiger partial charge in [-0.15, -0.1) is 0 Å². The fourth-order valence-electron chi connectivity index (χ4n) is 4.33. The summed E-state index contributed by atoms with van der Waals surface area (Å²) in [5.41, 5.74) is 0.496. The van der Waals surface area contributed by atoms with Gasteiger partial charge in [0.25, 0.3) is 15.7 Å². The minimum atomic E-state index is -4.62. The Morgan fingerprint density at radius 1 is 1.11 bits per heavy atom. The predicted molar refractivity (Wildman–Crippen MR) is 172 cm³/mol. The van der Waals surface area contributed by atoms with Crippen LogP contribution in [0.2, 0.25) is 5.02 Å². The second-order valence-electron chi connectivity index (χ2n) is 10.2. The minimum Gasteiger partial charge on any atom is -0.495 e. The summed E-state index contributed by atoms with van der Waals surface area (Å²) in [7, 11) is -3.29. The number of nitro benzene ring substituents is 1. The van der Waals surface area contributed by atoms with Crippen LogP contribution in [0, 0.1) is 17.0 Å². The number of nitrogens with one attached hydrogen (secondary N) is 1. The van der Waals surface area contributed by atoms with Crippen molar-refractivity contribution in [3.8, 4) is 5.75 Å². The van der Waals surface area contributed by atoms with Gasteiger partial charge in [0.05, 0.1) is 22.6 Å². The standard InChI is InChI=1S/C30H34BrClN4O7S/c1-6-20(3)33-30(38)21(4)34(17-22-8-7-9-23(31)14-22)29(37)18-35(27-15-24(32)11-13-28(27)43-5)44(41,42)25-12-10-19(2)26(16-25)36(39)40/h7-16,20-21H,6,17-18H2,1-5H3,(H,33,38). The number of carbonyl (C=O) groups excluding carboxylic acids is 2. The van der Waals surface area contributed by atoms with Crippen molar-refractivity contribution in [3.05, 3.63) is 91.4 Å². The molecule has 0 bridgehead atoms. The van der Waals surface area contributed by atoms with Gasteiger partial charge in [0.2, 0.25) is 11.8 Å². The van der Waals surface area contributed by atoms with E-state index in [2.05, 4.69) is 21.2 Å². The third kappa shape index (κ3) is 8.27. The Morgan fingerprint density at radius 2 is 1.82 bits per heavy atom. The average Bonchev–Trinajstić information content (AvgIpc) is 2.97. The molecule has 44 heavy (non-hydrogen) atoms. The molecule has 1 N–H and O–H groups in total. The molecule has 0 spiro atoms. The van der Waals surface area contributed by atoms with Gasteiger partial charge in [0.15, 0.2) is 0 Å². The molecule has 11 nitrogen and oxygen atoms in total. The number of ether oxygens (including phenoxy) is 1. The zero-order chi connectivity index (χ0) is 32.8. The van der Waals surface area contributed by atoms with Gasteiger partial charge in [-0.2, -0.15) is 0 Å². The Labute approximate surface area is 270 Å². The van der Waals surface area contributed by atoms with Crippen molar-refractivity contribution >= 4 is 60.7 Å². The number of carbonyl (C=O) groups is 2. The van der Waals surface area contributed by atoms with E-state index >= 15 is 0 Å². The third-order valence-electron chi connectivity index (χ3n) is 7.06. The zero-order valence-electron chi connectivity index (χ0n) is 24.9. The van der Waals surface area contributed by atoms with Crippen molar-refractivity contribution in [2.24, 2.45) is 0 Å². The monoisotopic (exact) mass is 708 g/mol. The molecule has 0 aliphatic heterocycles. The number of rotatable bonds is 13. The van der Waals surface area contributed by atoms with Gasteiger partial charge < -0.3 is 15.0 Å². The van der Waals surface area contributed by atoms with E-state index < -0.39 is 49.9 Å². The van der Waals surface area contributed by atoms with Crippen LogP contribution in [0.25, 0.3) is 0 Å². The molecule has 0 fully saturated rings. The molecule has 2 unspecified atom stereocenters. The molecule has 3 aromatic rings. The van der Waals surface area contributed by atoms with Gasteiger partial charge in [-0.3, -0.25) is 24.0 Å². The maximum absolute atomic E-state index is 14.2. The van der Waals surface area contributed by atoms with Crippen LogP contribution >= 0.6 is 27.5 Å². The number of benzene rings is 3. The van der Waals surface area contributed by atoms with Crippen molar-refractivity contribution in [1.82, 2.24) is 10.2 Å². The minimum absolute atomic E-state index is 0.00998. The van der Waals surface area contributed by atoms with E-state index in [1.807, 2.05) is 19.9 Å². The van der Waals surface area contributed by atoms with Crippen LogP contribution in [0.5, 0.6) is 5.75 Å². The molecule has 0 saturated carbocycles. The Hall–Kier alpha value is -3.68. The maximum Gasteiger partial charge on any atom is 0.273 e. The number of nitro groups is 1. The molecular formula is C30H34BrClN4O7S. The lowest BCUT2D eigenvalue weighted by Crippen LogP contribution is -2.52. The Morgan fingerprint density at radius 3 is 2.43 bits per heavy atom. The summed E-state index contributed by atoms with van der Waals surface area (Å²) in [5.74, 6) is -1.02. The Balaban J connectivity index is 2.16. The number of methoxy groups -OCH3 is 1. The summed E-state index contributed by atoms with van der Waals surface area (Å²) in [6.45, 7) is 6.03. The van der Waals surface area contributed by atoms with E-state index in [4.69, 9.17) is 16.3 Å². The van der Waals surface area contributed by atoms with Crippen molar-refractivity contribution in [2.75, 3.05) is 18.0 Å². The number of halogens is 2. The van der Waals surface area contributed by atoms with E-state index in [0.29, 0.717) is 12.0 Å². The lowest BCUT2D eigenvalue weighted by molar-refractivity contribution is -0.385. The quantitative estimate of drug-likeness (QED) is 0.173. The van der Waals surface area contributed by atoms with Crippen molar-refractivity contribution in [3.63, 3.8) is 0 Å². The smallest absolute Gasteiger partial charge is 0.273 e. The fraction of sp³-hybridized carbons (Fsp3) is 0.333. The number of anilines is 1. The van der Waals surface area contributed by atoms with Crippen LogP contribution in [0.15, 0.2) is 70.0 Å². The van der Waals surface area contributed by atoms with E-state index in [1.54, 1.807) is 25.1 Å².